The molecule has 1 amide bonds. The number of anilines is 2. The van der Waals surface area contributed by atoms with Crippen LogP contribution in [0.4, 0.5) is 11.4 Å². The maximum absolute atomic E-state index is 12.6. The first kappa shape index (κ1) is 19.6. The van der Waals surface area contributed by atoms with Crippen molar-refractivity contribution in [3.63, 3.8) is 0 Å². The summed E-state index contributed by atoms with van der Waals surface area (Å²) in [7, 11) is -3.65. The van der Waals surface area contributed by atoms with Crippen molar-refractivity contribution in [3.8, 4) is 0 Å². The number of benzene rings is 3. The molecule has 0 aliphatic heterocycles. The van der Waals surface area contributed by atoms with Crippen LogP contribution in [0.1, 0.15) is 5.56 Å². The molecule has 1 atom stereocenters. The number of rotatable bonds is 6. The Morgan fingerprint density at radius 3 is 1.96 bits per heavy atom. The second kappa shape index (κ2) is 8.24. The van der Waals surface area contributed by atoms with Crippen molar-refractivity contribution in [2.75, 3.05) is 11.1 Å². The van der Waals surface area contributed by atoms with Gasteiger partial charge < -0.3 is 16.8 Å². The second-order valence-electron chi connectivity index (χ2n) is 6.38. The van der Waals surface area contributed by atoms with Gasteiger partial charge in [-0.3, -0.25) is 4.79 Å². The lowest BCUT2D eigenvalue weighted by Crippen LogP contribution is -2.37. The normalized spacial score (nSPS) is 12.3. The van der Waals surface area contributed by atoms with E-state index >= 15 is 0 Å². The zero-order valence-corrected chi connectivity index (χ0v) is 15.9. The number of nitrogen functional groups attached to an aromatic ring is 1. The summed E-state index contributed by atoms with van der Waals surface area (Å²) in [5, 5.41) is 2.71. The van der Waals surface area contributed by atoms with Crippen LogP contribution in [0.2, 0.25) is 0 Å². The first-order valence-electron chi connectivity index (χ1n) is 8.67. The standard InChI is InChI=1S/C21H21N3O3S/c22-16-6-10-18(11-7-16)28(26,27)19-12-8-17(9-13-19)24-21(25)20(23)14-15-4-2-1-3-5-15/h1-13,20H,14,22-23H2,(H,24,25)/t20-/m0/s1. The van der Waals surface area contributed by atoms with E-state index in [2.05, 4.69) is 5.32 Å². The quantitative estimate of drug-likeness (QED) is 0.555. The topological polar surface area (TPSA) is 115 Å². The molecule has 0 radical (unpaired) electrons. The van der Waals surface area contributed by atoms with Gasteiger partial charge in [-0.2, -0.15) is 0 Å². The van der Waals surface area contributed by atoms with E-state index in [0.717, 1.165) is 5.56 Å². The van der Waals surface area contributed by atoms with Crippen molar-refractivity contribution in [1.29, 1.82) is 0 Å². The summed E-state index contributed by atoms with van der Waals surface area (Å²) in [6, 6.07) is 20.8. The van der Waals surface area contributed by atoms with Crippen LogP contribution in [0.3, 0.4) is 0 Å². The minimum absolute atomic E-state index is 0.129. The van der Waals surface area contributed by atoms with Gasteiger partial charge in [-0.05, 0) is 60.5 Å². The number of carbonyl (C=O) groups excluding carboxylic acids is 1. The zero-order chi connectivity index (χ0) is 20.1. The van der Waals surface area contributed by atoms with E-state index in [0.29, 0.717) is 17.8 Å². The van der Waals surface area contributed by atoms with Crippen molar-refractivity contribution in [1.82, 2.24) is 0 Å². The first-order chi connectivity index (χ1) is 13.4. The number of nitrogens with one attached hydrogen (secondary N) is 1. The molecule has 5 N–H and O–H groups in total. The summed E-state index contributed by atoms with van der Waals surface area (Å²) < 4.78 is 25.3. The Morgan fingerprint density at radius 1 is 0.857 bits per heavy atom. The summed E-state index contributed by atoms with van der Waals surface area (Å²) in [5.74, 6) is -0.335. The largest absolute Gasteiger partial charge is 0.399 e. The Labute approximate surface area is 164 Å². The minimum atomic E-state index is -3.65. The monoisotopic (exact) mass is 395 g/mol. The zero-order valence-electron chi connectivity index (χ0n) is 15.1. The van der Waals surface area contributed by atoms with E-state index in [1.165, 1.54) is 48.5 Å². The van der Waals surface area contributed by atoms with Crippen LogP contribution < -0.4 is 16.8 Å². The number of carbonyl (C=O) groups is 1. The van der Waals surface area contributed by atoms with Crippen molar-refractivity contribution in [3.05, 3.63) is 84.4 Å². The predicted molar refractivity (Wildman–Crippen MR) is 109 cm³/mol. The third kappa shape index (κ3) is 4.57. The number of amides is 1. The lowest BCUT2D eigenvalue weighted by molar-refractivity contribution is -0.117. The molecule has 0 saturated heterocycles. The highest BCUT2D eigenvalue weighted by Crippen LogP contribution is 2.23. The molecule has 0 unspecified atom stereocenters. The molecule has 0 spiro atoms. The average Bonchev–Trinajstić information content (AvgIpc) is 2.69. The average molecular weight is 395 g/mol. The lowest BCUT2D eigenvalue weighted by atomic mass is 10.1. The maximum atomic E-state index is 12.6. The van der Waals surface area contributed by atoms with Crippen LogP contribution in [-0.2, 0) is 21.1 Å². The molecule has 6 nitrogen and oxygen atoms in total. The molecule has 0 saturated carbocycles. The molecule has 7 heteroatoms. The van der Waals surface area contributed by atoms with Gasteiger partial charge in [-0.15, -0.1) is 0 Å². The first-order valence-corrected chi connectivity index (χ1v) is 10.2. The van der Waals surface area contributed by atoms with Gasteiger partial charge in [0.2, 0.25) is 15.7 Å². The van der Waals surface area contributed by atoms with Gasteiger partial charge >= 0.3 is 0 Å². The van der Waals surface area contributed by atoms with E-state index in [1.54, 1.807) is 0 Å². The Kier molecular flexibility index (Phi) is 5.77. The van der Waals surface area contributed by atoms with Crippen molar-refractivity contribution >= 4 is 27.1 Å². The number of hydrogen-bond acceptors (Lipinski definition) is 5. The molecule has 0 aliphatic rings. The van der Waals surface area contributed by atoms with Gasteiger partial charge in [-0.1, -0.05) is 30.3 Å². The van der Waals surface area contributed by atoms with Crippen molar-refractivity contribution < 1.29 is 13.2 Å². The molecule has 3 aromatic carbocycles. The highest BCUT2D eigenvalue weighted by atomic mass is 32.2. The summed E-state index contributed by atoms with van der Waals surface area (Å²) in [6.45, 7) is 0. The number of sulfone groups is 1. The van der Waals surface area contributed by atoms with Crippen LogP contribution in [0.25, 0.3) is 0 Å². The predicted octanol–water partition coefficient (Wildman–Crippen LogP) is 2.61. The van der Waals surface area contributed by atoms with Gasteiger partial charge in [-0.25, -0.2) is 8.42 Å². The fourth-order valence-electron chi connectivity index (χ4n) is 2.70. The maximum Gasteiger partial charge on any atom is 0.241 e. The number of nitrogens with two attached hydrogens (primary N) is 2. The fraction of sp³-hybridized carbons (Fsp3) is 0.0952. The molecule has 0 aliphatic carbocycles. The van der Waals surface area contributed by atoms with E-state index in [-0.39, 0.29) is 15.7 Å². The molecule has 0 aromatic heterocycles. The van der Waals surface area contributed by atoms with E-state index in [9.17, 15) is 13.2 Å². The molecule has 0 fully saturated rings. The number of hydrogen-bond donors (Lipinski definition) is 3. The highest BCUT2D eigenvalue weighted by Gasteiger charge is 2.18. The van der Waals surface area contributed by atoms with Crippen LogP contribution >= 0.6 is 0 Å². The van der Waals surface area contributed by atoms with E-state index in [1.807, 2.05) is 30.3 Å². The Hall–Kier alpha value is -3.16. The summed E-state index contributed by atoms with van der Waals surface area (Å²) in [5.41, 5.74) is 13.5. The highest BCUT2D eigenvalue weighted by molar-refractivity contribution is 7.91. The van der Waals surface area contributed by atoms with Crippen LogP contribution in [-0.4, -0.2) is 20.4 Å². The second-order valence-corrected chi connectivity index (χ2v) is 8.33. The SMILES string of the molecule is Nc1ccc(S(=O)(=O)c2ccc(NC(=O)[C@@H](N)Cc3ccccc3)cc2)cc1. The third-order valence-electron chi connectivity index (χ3n) is 4.26. The molecule has 3 aromatic rings. The van der Waals surface area contributed by atoms with Gasteiger partial charge in [0.15, 0.2) is 0 Å². The molecule has 0 bridgehead atoms. The Morgan fingerprint density at radius 2 is 1.39 bits per heavy atom. The molecule has 144 valence electrons. The van der Waals surface area contributed by atoms with E-state index < -0.39 is 15.9 Å². The summed E-state index contributed by atoms with van der Waals surface area (Å²) in [4.78, 5) is 12.6. The minimum Gasteiger partial charge on any atom is -0.399 e. The molecule has 28 heavy (non-hydrogen) atoms. The van der Waals surface area contributed by atoms with Crippen molar-refractivity contribution in [2.45, 2.75) is 22.3 Å². The molecule has 0 heterocycles. The van der Waals surface area contributed by atoms with Crippen LogP contribution in [0.5, 0.6) is 0 Å². The van der Waals surface area contributed by atoms with Gasteiger partial charge in [0, 0.05) is 11.4 Å². The van der Waals surface area contributed by atoms with Gasteiger partial charge in [0.25, 0.3) is 0 Å². The summed E-state index contributed by atoms with van der Waals surface area (Å²) >= 11 is 0. The van der Waals surface area contributed by atoms with Gasteiger partial charge in [0.05, 0.1) is 15.8 Å². The van der Waals surface area contributed by atoms with Crippen LogP contribution in [0.15, 0.2) is 88.7 Å². The molecular formula is C21H21N3O3S. The van der Waals surface area contributed by atoms with Gasteiger partial charge in [0.1, 0.15) is 0 Å². The molecule has 3 rings (SSSR count). The lowest BCUT2D eigenvalue weighted by Gasteiger charge is -2.13. The Balaban J connectivity index is 1.68. The third-order valence-corrected chi connectivity index (χ3v) is 6.04. The van der Waals surface area contributed by atoms with E-state index in [4.69, 9.17) is 11.5 Å². The van der Waals surface area contributed by atoms with Crippen LogP contribution in [0, 0.1) is 0 Å². The molecular weight excluding hydrogens is 374 g/mol. The van der Waals surface area contributed by atoms with Crippen molar-refractivity contribution in [2.24, 2.45) is 5.73 Å². The smallest absolute Gasteiger partial charge is 0.241 e. The summed E-state index contributed by atoms with van der Waals surface area (Å²) in [6.07, 6.45) is 0.413. The fourth-order valence-corrected chi connectivity index (χ4v) is 3.96. The Bertz CT molecular complexity index is 1050.